The summed E-state index contributed by atoms with van der Waals surface area (Å²) in [6, 6.07) is 12.9. The molecule has 0 aliphatic heterocycles. The molecule has 158 valence electrons. The molecule has 0 bridgehead atoms. The molecule has 2 aromatic rings. The van der Waals surface area contributed by atoms with Gasteiger partial charge in [0.05, 0.1) is 6.57 Å². The number of nitrogens with one attached hydrogen (secondary N) is 1. The third-order valence-electron chi connectivity index (χ3n) is 6.54. The van der Waals surface area contributed by atoms with E-state index in [-0.39, 0.29) is 10.9 Å². The molecule has 0 radical (unpaired) electrons. The molecule has 1 unspecified atom stereocenters. The highest BCUT2D eigenvalue weighted by molar-refractivity contribution is 6.74. The first-order valence-electron chi connectivity index (χ1n) is 10.6. The Labute approximate surface area is 181 Å². The molecule has 30 heavy (non-hydrogen) atoms. The summed E-state index contributed by atoms with van der Waals surface area (Å²) in [5.41, 5.74) is 4.60. The number of benzene rings is 2. The zero-order valence-electron chi connectivity index (χ0n) is 18.7. The summed E-state index contributed by atoms with van der Waals surface area (Å²) in [7, 11) is -1.71. The van der Waals surface area contributed by atoms with E-state index < -0.39 is 8.32 Å². The summed E-state index contributed by atoms with van der Waals surface area (Å²) in [6.07, 6.45) is 3.18. The summed E-state index contributed by atoms with van der Waals surface area (Å²) in [5, 5.41) is 3.22. The topological polar surface area (TPSA) is 42.7 Å². The maximum atomic E-state index is 12.5. The Morgan fingerprint density at radius 3 is 2.50 bits per heavy atom. The fourth-order valence-corrected chi connectivity index (χ4v) is 4.57. The molecule has 1 N–H and O–H groups in total. The van der Waals surface area contributed by atoms with Crippen LogP contribution in [-0.2, 0) is 17.3 Å². The van der Waals surface area contributed by atoms with Gasteiger partial charge in [0.1, 0.15) is 0 Å². The van der Waals surface area contributed by atoms with Crippen molar-refractivity contribution in [2.75, 3.05) is 11.9 Å². The average molecular weight is 421 g/mol. The summed E-state index contributed by atoms with van der Waals surface area (Å²) >= 11 is 0. The molecule has 1 aliphatic rings. The van der Waals surface area contributed by atoms with E-state index in [4.69, 9.17) is 11.0 Å². The molecule has 4 nitrogen and oxygen atoms in total. The highest BCUT2D eigenvalue weighted by Gasteiger charge is 2.37. The molecule has 0 saturated carbocycles. The Hall–Kier alpha value is -2.42. The van der Waals surface area contributed by atoms with Gasteiger partial charge < -0.3 is 9.74 Å². The Kier molecular flexibility index (Phi) is 6.49. The molecular weight excluding hydrogens is 388 g/mol. The minimum atomic E-state index is -1.71. The smallest absolute Gasteiger partial charge is 0.255 e. The van der Waals surface area contributed by atoms with Crippen molar-refractivity contribution in [3.05, 3.63) is 70.6 Å². The fraction of sp³-hybridized carbons (Fsp3) is 0.440. The molecule has 5 heteroatoms. The lowest BCUT2D eigenvalue weighted by molar-refractivity contribution is 0.102. The molecule has 0 spiro atoms. The lowest BCUT2D eigenvalue weighted by Crippen LogP contribution is -2.42. The first-order chi connectivity index (χ1) is 14.1. The van der Waals surface area contributed by atoms with Gasteiger partial charge in [-0.15, -0.1) is 0 Å². The van der Waals surface area contributed by atoms with Crippen molar-refractivity contribution in [1.82, 2.24) is 0 Å². The number of aryl methyl sites for hydroxylation is 1. The van der Waals surface area contributed by atoms with Gasteiger partial charge in [-0.25, -0.2) is 4.85 Å². The molecule has 0 fully saturated rings. The number of hydrogen-bond donors (Lipinski definition) is 1. The number of fused-ring (bicyclic) bond motifs is 1. The zero-order valence-corrected chi connectivity index (χ0v) is 19.7. The van der Waals surface area contributed by atoms with Gasteiger partial charge in [0.25, 0.3) is 5.91 Å². The van der Waals surface area contributed by atoms with E-state index in [9.17, 15) is 4.79 Å². The SMILES string of the molecule is [C-]#[N+]c1ccc(C(=O)Nc2ccc3c(c2)CCC(CO[Si](C)(C)C(C)(C)C)C3)cc1. The van der Waals surface area contributed by atoms with E-state index in [2.05, 4.69) is 56.2 Å². The lowest BCUT2D eigenvalue weighted by atomic mass is 9.84. The summed E-state index contributed by atoms with van der Waals surface area (Å²) < 4.78 is 6.45. The highest BCUT2D eigenvalue weighted by atomic mass is 28.4. The average Bonchev–Trinajstić information content (AvgIpc) is 2.71. The van der Waals surface area contributed by atoms with Crippen molar-refractivity contribution in [3.8, 4) is 0 Å². The monoisotopic (exact) mass is 420 g/mol. The quantitative estimate of drug-likeness (QED) is 0.436. The van der Waals surface area contributed by atoms with E-state index >= 15 is 0 Å². The van der Waals surface area contributed by atoms with Crippen LogP contribution in [0, 0.1) is 12.5 Å². The van der Waals surface area contributed by atoms with Gasteiger partial charge in [0.15, 0.2) is 14.0 Å². The largest absolute Gasteiger partial charge is 0.417 e. The first kappa shape index (κ1) is 22.3. The van der Waals surface area contributed by atoms with E-state index in [0.29, 0.717) is 17.2 Å². The number of carbonyl (C=O) groups is 1. The van der Waals surface area contributed by atoms with Crippen molar-refractivity contribution in [2.24, 2.45) is 5.92 Å². The van der Waals surface area contributed by atoms with E-state index in [1.165, 1.54) is 11.1 Å². The standard InChI is InChI=1S/C25H32N2O2Si/c1-25(2,3)30(5,6)29-17-18-7-8-21-16-23(14-11-20(21)15-18)27-24(28)19-9-12-22(26-4)13-10-19/h9-14,16,18H,7-8,15,17H2,1-3,5-6H3,(H,27,28). The third-order valence-corrected chi connectivity index (χ3v) is 11.0. The molecule has 3 rings (SSSR count). The number of hydrogen-bond acceptors (Lipinski definition) is 2. The number of carbonyl (C=O) groups excluding carboxylic acids is 1. The maximum Gasteiger partial charge on any atom is 0.255 e. The van der Waals surface area contributed by atoms with Gasteiger partial charge in [-0.05, 0) is 66.6 Å². The highest BCUT2D eigenvalue weighted by Crippen LogP contribution is 2.37. The van der Waals surface area contributed by atoms with E-state index in [1.807, 2.05) is 6.07 Å². The van der Waals surface area contributed by atoms with Crippen LogP contribution in [0.1, 0.15) is 48.7 Å². The predicted octanol–water partition coefficient (Wildman–Crippen LogP) is 6.62. The van der Waals surface area contributed by atoms with E-state index in [0.717, 1.165) is 31.6 Å². The van der Waals surface area contributed by atoms with Crippen molar-refractivity contribution in [3.63, 3.8) is 0 Å². The fourth-order valence-electron chi connectivity index (χ4n) is 3.48. The molecule has 0 aromatic heterocycles. The predicted molar refractivity (Wildman–Crippen MR) is 126 cm³/mol. The van der Waals surface area contributed by atoms with E-state index in [1.54, 1.807) is 24.3 Å². The van der Waals surface area contributed by atoms with Crippen molar-refractivity contribution < 1.29 is 9.22 Å². The lowest BCUT2D eigenvalue weighted by Gasteiger charge is -2.38. The molecule has 0 saturated heterocycles. The Balaban J connectivity index is 1.61. The van der Waals surface area contributed by atoms with Crippen LogP contribution in [0.5, 0.6) is 0 Å². The number of nitrogens with zero attached hydrogens (tertiary/aromatic N) is 1. The minimum absolute atomic E-state index is 0.150. The Morgan fingerprint density at radius 1 is 1.17 bits per heavy atom. The second-order valence-electron chi connectivity index (χ2n) is 9.78. The van der Waals surface area contributed by atoms with Crippen LogP contribution >= 0.6 is 0 Å². The Bertz CT molecular complexity index is 953. The van der Waals surface area contributed by atoms with Crippen LogP contribution in [0.15, 0.2) is 42.5 Å². The van der Waals surface area contributed by atoms with Gasteiger partial charge in [-0.1, -0.05) is 51.1 Å². The molecule has 1 amide bonds. The molecule has 1 aliphatic carbocycles. The van der Waals surface area contributed by atoms with Crippen LogP contribution in [0.4, 0.5) is 11.4 Å². The summed E-state index contributed by atoms with van der Waals surface area (Å²) in [6.45, 7) is 19.3. The first-order valence-corrected chi connectivity index (χ1v) is 13.5. The van der Waals surface area contributed by atoms with Crippen molar-refractivity contribution >= 4 is 25.6 Å². The molecule has 0 heterocycles. The second kappa shape index (κ2) is 8.75. The van der Waals surface area contributed by atoms with Gasteiger partial charge in [-0.2, -0.15) is 0 Å². The zero-order chi connectivity index (χ0) is 21.9. The molecular formula is C25H32N2O2Si. The van der Waals surface area contributed by atoms with Crippen molar-refractivity contribution in [2.45, 2.75) is 58.2 Å². The van der Waals surface area contributed by atoms with Crippen LogP contribution in [0.3, 0.4) is 0 Å². The van der Waals surface area contributed by atoms with Gasteiger partial charge in [-0.3, -0.25) is 4.79 Å². The van der Waals surface area contributed by atoms with Crippen molar-refractivity contribution in [1.29, 1.82) is 0 Å². The van der Waals surface area contributed by atoms with Crippen LogP contribution in [0.25, 0.3) is 4.85 Å². The van der Waals surface area contributed by atoms with Gasteiger partial charge in [0.2, 0.25) is 0 Å². The minimum Gasteiger partial charge on any atom is -0.417 e. The van der Waals surface area contributed by atoms with Gasteiger partial charge >= 0.3 is 0 Å². The Morgan fingerprint density at radius 2 is 1.87 bits per heavy atom. The van der Waals surface area contributed by atoms with Crippen LogP contribution in [-0.4, -0.2) is 20.8 Å². The second-order valence-corrected chi connectivity index (χ2v) is 14.6. The van der Waals surface area contributed by atoms with Gasteiger partial charge in [0, 0.05) is 17.9 Å². The normalized spacial score (nSPS) is 16.5. The maximum absolute atomic E-state index is 12.5. The molecule has 1 atom stereocenters. The number of amides is 1. The molecule has 2 aromatic carbocycles. The summed E-state index contributed by atoms with van der Waals surface area (Å²) in [4.78, 5) is 15.9. The van der Waals surface area contributed by atoms with Crippen LogP contribution < -0.4 is 5.32 Å². The number of rotatable bonds is 5. The van der Waals surface area contributed by atoms with Crippen LogP contribution in [0.2, 0.25) is 18.1 Å². The number of anilines is 1. The third kappa shape index (κ3) is 5.19. The summed E-state index contributed by atoms with van der Waals surface area (Å²) in [5.74, 6) is 0.413.